The number of hydrogen-bond acceptors (Lipinski definition) is 5. The van der Waals surface area contributed by atoms with Crippen LogP contribution in [0.3, 0.4) is 0 Å². The lowest BCUT2D eigenvalue weighted by atomic mass is 10.1. The molecule has 2 atom stereocenters. The number of β-amino-alcohol motifs (C(OH)–C–C–N with tert-alkyl or cyclic N) is 1. The summed E-state index contributed by atoms with van der Waals surface area (Å²) in [5.74, 6) is 0.426. The summed E-state index contributed by atoms with van der Waals surface area (Å²) in [5.41, 5.74) is 0.874. The maximum Gasteiger partial charge on any atom is 0.309 e. The van der Waals surface area contributed by atoms with Crippen molar-refractivity contribution in [2.45, 2.75) is 18.6 Å². The van der Waals surface area contributed by atoms with Crippen LogP contribution in [0.5, 0.6) is 5.75 Å². The summed E-state index contributed by atoms with van der Waals surface area (Å²) in [4.78, 5) is 11.1. The Morgan fingerprint density at radius 1 is 1.39 bits per heavy atom. The number of benzene rings is 1. The second-order valence-electron chi connectivity index (χ2n) is 4.28. The maximum atomic E-state index is 11.1. The molecule has 0 saturated carbocycles. The van der Waals surface area contributed by atoms with E-state index >= 15 is 0 Å². The van der Waals surface area contributed by atoms with Crippen molar-refractivity contribution in [3.63, 3.8) is 0 Å². The van der Waals surface area contributed by atoms with E-state index in [1.54, 1.807) is 12.1 Å². The molecule has 18 heavy (non-hydrogen) atoms. The molecular formula is C13H17NO4. The molecule has 0 aromatic heterocycles. The molecule has 1 saturated heterocycles. The van der Waals surface area contributed by atoms with Gasteiger partial charge in [-0.2, -0.15) is 0 Å². The van der Waals surface area contributed by atoms with Crippen LogP contribution in [0.1, 0.15) is 5.56 Å². The fraction of sp³-hybridized carbons (Fsp3) is 0.462. The van der Waals surface area contributed by atoms with E-state index in [0.29, 0.717) is 18.8 Å². The average molecular weight is 251 g/mol. The molecule has 1 fully saturated rings. The summed E-state index contributed by atoms with van der Waals surface area (Å²) < 4.78 is 10.2. The van der Waals surface area contributed by atoms with Gasteiger partial charge in [-0.05, 0) is 17.7 Å². The molecule has 0 unspecified atom stereocenters. The highest BCUT2D eigenvalue weighted by Gasteiger charge is 2.26. The molecule has 0 radical (unpaired) electrons. The first kappa shape index (κ1) is 12.9. The Morgan fingerprint density at radius 2 is 2.11 bits per heavy atom. The Balaban J connectivity index is 1.93. The molecule has 1 aromatic carbocycles. The van der Waals surface area contributed by atoms with Crippen LogP contribution < -0.4 is 10.1 Å². The summed E-state index contributed by atoms with van der Waals surface area (Å²) in [6.07, 6.45) is -0.430. The number of aliphatic hydroxyl groups excluding tert-OH is 1. The van der Waals surface area contributed by atoms with Crippen molar-refractivity contribution < 1.29 is 19.4 Å². The van der Waals surface area contributed by atoms with Gasteiger partial charge in [-0.15, -0.1) is 0 Å². The fourth-order valence-corrected chi connectivity index (χ4v) is 1.86. The number of hydrogen-bond donors (Lipinski definition) is 2. The van der Waals surface area contributed by atoms with E-state index < -0.39 is 6.10 Å². The normalized spacial score (nSPS) is 22.8. The molecule has 1 aliphatic heterocycles. The highest BCUT2D eigenvalue weighted by atomic mass is 16.5. The highest BCUT2D eigenvalue weighted by molar-refractivity contribution is 5.72. The number of carbonyl (C=O) groups excluding carboxylic acids is 1. The maximum absolute atomic E-state index is 11.1. The van der Waals surface area contributed by atoms with Gasteiger partial charge in [0, 0.05) is 13.1 Å². The van der Waals surface area contributed by atoms with Gasteiger partial charge in [0.25, 0.3) is 0 Å². The third-order valence-corrected chi connectivity index (χ3v) is 2.92. The molecule has 1 aromatic rings. The lowest BCUT2D eigenvalue weighted by Crippen LogP contribution is -2.29. The van der Waals surface area contributed by atoms with E-state index in [-0.39, 0.29) is 18.5 Å². The Labute approximate surface area is 106 Å². The molecule has 5 heteroatoms. The first-order valence-electron chi connectivity index (χ1n) is 5.90. The van der Waals surface area contributed by atoms with Crippen LogP contribution in [0.2, 0.25) is 0 Å². The SMILES string of the molecule is COC(=O)Cc1ccc(O[C@H]2CNC[C@@H]2O)cc1. The molecule has 1 heterocycles. The number of esters is 1. The first-order chi connectivity index (χ1) is 8.69. The quantitative estimate of drug-likeness (QED) is 0.744. The highest BCUT2D eigenvalue weighted by Crippen LogP contribution is 2.16. The van der Waals surface area contributed by atoms with E-state index in [4.69, 9.17) is 4.74 Å². The molecule has 1 aliphatic rings. The summed E-state index contributed by atoms with van der Waals surface area (Å²) in [6.45, 7) is 1.20. The number of nitrogens with one attached hydrogen (secondary N) is 1. The number of carbonyl (C=O) groups is 1. The van der Waals surface area contributed by atoms with E-state index in [1.807, 2.05) is 12.1 Å². The van der Waals surface area contributed by atoms with Crippen LogP contribution >= 0.6 is 0 Å². The third-order valence-electron chi connectivity index (χ3n) is 2.92. The van der Waals surface area contributed by atoms with E-state index in [9.17, 15) is 9.90 Å². The van der Waals surface area contributed by atoms with Gasteiger partial charge in [-0.25, -0.2) is 0 Å². The summed E-state index contributed by atoms with van der Waals surface area (Å²) in [5, 5.41) is 12.7. The Hall–Kier alpha value is -1.59. The van der Waals surface area contributed by atoms with E-state index in [0.717, 1.165) is 5.56 Å². The Bertz CT molecular complexity index is 404. The van der Waals surface area contributed by atoms with Gasteiger partial charge >= 0.3 is 5.97 Å². The topological polar surface area (TPSA) is 67.8 Å². The van der Waals surface area contributed by atoms with Gasteiger partial charge in [0.15, 0.2) is 0 Å². The molecule has 2 rings (SSSR count). The Morgan fingerprint density at radius 3 is 2.67 bits per heavy atom. The van der Waals surface area contributed by atoms with Crippen molar-refractivity contribution in [1.82, 2.24) is 5.32 Å². The third kappa shape index (κ3) is 3.21. The van der Waals surface area contributed by atoms with Crippen molar-refractivity contribution in [2.24, 2.45) is 0 Å². The molecule has 98 valence electrons. The average Bonchev–Trinajstić information content (AvgIpc) is 2.77. The molecule has 0 amide bonds. The largest absolute Gasteiger partial charge is 0.486 e. The van der Waals surface area contributed by atoms with Gasteiger partial charge in [-0.1, -0.05) is 12.1 Å². The van der Waals surface area contributed by atoms with Gasteiger partial charge in [0.05, 0.1) is 13.5 Å². The van der Waals surface area contributed by atoms with Crippen LogP contribution in [0, 0.1) is 0 Å². The number of ether oxygens (including phenoxy) is 2. The predicted octanol–water partition coefficient (Wildman–Crippen LogP) is 0.114. The smallest absolute Gasteiger partial charge is 0.309 e. The van der Waals surface area contributed by atoms with Crippen LogP contribution in [-0.2, 0) is 16.0 Å². The molecule has 0 aliphatic carbocycles. The molecule has 5 nitrogen and oxygen atoms in total. The minimum Gasteiger partial charge on any atom is -0.486 e. The van der Waals surface area contributed by atoms with Crippen molar-refractivity contribution in [3.8, 4) is 5.75 Å². The summed E-state index contributed by atoms with van der Waals surface area (Å²) >= 11 is 0. The molecule has 0 spiro atoms. The zero-order valence-electron chi connectivity index (χ0n) is 10.3. The lowest BCUT2D eigenvalue weighted by molar-refractivity contribution is -0.139. The number of aliphatic hydroxyl groups is 1. The van der Waals surface area contributed by atoms with Gasteiger partial charge in [0.2, 0.25) is 0 Å². The van der Waals surface area contributed by atoms with Crippen LogP contribution in [0.15, 0.2) is 24.3 Å². The van der Waals surface area contributed by atoms with E-state index in [2.05, 4.69) is 10.1 Å². The monoisotopic (exact) mass is 251 g/mol. The van der Waals surface area contributed by atoms with Crippen molar-refractivity contribution in [3.05, 3.63) is 29.8 Å². The standard InChI is InChI=1S/C13H17NO4/c1-17-13(16)6-9-2-4-10(5-3-9)18-12-8-14-7-11(12)15/h2-5,11-12,14-15H,6-8H2,1H3/t11-,12-/m0/s1. The summed E-state index contributed by atoms with van der Waals surface area (Å²) in [6, 6.07) is 7.23. The summed E-state index contributed by atoms with van der Waals surface area (Å²) in [7, 11) is 1.37. The van der Waals surface area contributed by atoms with Gasteiger partial charge in [-0.3, -0.25) is 4.79 Å². The van der Waals surface area contributed by atoms with Gasteiger partial charge in [0.1, 0.15) is 18.0 Å². The molecule has 2 N–H and O–H groups in total. The zero-order chi connectivity index (χ0) is 13.0. The fourth-order valence-electron chi connectivity index (χ4n) is 1.86. The number of rotatable bonds is 4. The zero-order valence-corrected chi connectivity index (χ0v) is 10.3. The second kappa shape index (κ2) is 5.84. The predicted molar refractivity (Wildman–Crippen MR) is 65.5 cm³/mol. The van der Waals surface area contributed by atoms with Gasteiger partial charge < -0.3 is 19.9 Å². The van der Waals surface area contributed by atoms with Crippen molar-refractivity contribution in [2.75, 3.05) is 20.2 Å². The van der Waals surface area contributed by atoms with E-state index in [1.165, 1.54) is 7.11 Å². The van der Waals surface area contributed by atoms with Crippen LogP contribution in [0.4, 0.5) is 0 Å². The minimum atomic E-state index is -0.472. The van der Waals surface area contributed by atoms with Crippen LogP contribution in [0.25, 0.3) is 0 Å². The minimum absolute atomic E-state index is 0.212. The van der Waals surface area contributed by atoms with Crippen molar-refractivity contribution in [1.29, 1.82) is 0 Å². The lowest BCUT2D eigenvalue weighted by Gasteiger charge is -2.16. The second-order valence-corrected chi connectivity index (χ2v) is 4.28. The van der Waals surface area contributed by atoms with Crippen molar-refractivity contribution >= 4 is 5.97 Å². The molecule has 0 bridgehead atoms. The number of methoxy groups -OCH3 is 1. The Kier molecular flexibility index (Phi) is 4.17. The van der Waals surface area contributed by atoms with Crippen LogP contribution in [-0.4, -0.2) is 43.5 Å². The first-order valence-corrected chi connectivity index (χ1v) is 5.90. The molecular weight excluding hydrogens is 234 g/mol.